The highest BCUT2D eigenvalue weighted by atomic mass is 32.2. The van der Waals surface area contributed by atoms with Gasteiger partial charge in [-0.2, -0.15) is 23.5 Å². The molecular weight excluding hydrogens is 336 g/mol. The minimum Gasteiger partial charge on any atom is -0.481 e. The smallest absolute Gasteiger partial charge is 0.303 e. The van der Waals surface area contributed by atoms with Crippen LogP contribution in [-0.4, -0.2) is 32.6 Å². The summed E-state index contributed by atoms with van der Waals surface area (Å²) in [5.74, 6) is 2.51. The van der Waals surface area contributed by atoms with Crippen LogP contribution in [0, 0.1) is 11.8 Å². The molecule has 1 N–H and O–H groups in total. The maximum atomic E-state index is 10.5. The fraction of sp³-hybridized carbons (Fsp3) is 0.850. The molecule has 136 valence electrons. The lowest BCUT2D eigenvalue weighted by Gasteiger charge is -2.31. The number of unbranched alkanes of at least 4 members (excludes halogenated alkanes) is 1. The molecule has 1 aliphatic carbocycles. The molecule has 0 unspecified atom stereocenters. The van der Waals surface area contributed by atoms with E-state index in [0.29, 0.717) is 6.42 Å². The van der Waals surface area contributed by atoms with E-state index in [1.807, 2.05) is 0 Å². The summed E-state index contributed by atoms with van der Waals surface area (Å²) in [6, 6.07) is 0. The minimum absolute atomic E-state index is 0.301. The second-order valence-electron chi connectivity index (χ2n) is 7.70. The van der Waals surface area contributed by atoms with Crippen molar-refractivity contribution in [2.24, 2.45) is 11.8 Å². The van der Waals surface area contributed by atoms with Gasteiger partial charge in [0.1, 0.15) is 0 Å². The highest BCUT2D eigenvalue weighted by Gasteiger charge is 2.47. The van der Waals surface area contributed by atoms with E-state index in [9.17, 15) is 4.79 Å². The van der Waals surface area contributed by atoms with Gasteiger partial charge in [0.15, 0.2) is 0 Å². The standard InChI is InChI=1S/C20H32O2S2/c21-20(22)11-7-2-1-6-10-16-17(19-13-12-18(16)24-19)14-23-15-8-4-3-5-9-15/h1,6,15-19H,2-5,7-14H2,(H,21,22)/t16-,17+,18-,19+/m1/s1. The van der Waals surface area contributed by atoms with Gasteiger partial charge in [0, 0.05) is 22.2 Å². The Hall–Kier alpha value is -0.0900. The second kappa shape index (κ2) is 9.56. The Balaban J connectivity index is 1.42. The van der Waals surface area contributed by atoms with Crippen molar-refractivity contribution >= 4 is 29.5 Å². The van der Waals surface area contributed by atoms with E-state index >= 15 is 0 Å². The Labute approximate surface area is 155 Å². The number of carbonyl (C=O) groups is 1. The van der Waals surface area contributed by atoms with Gasteiger partial charge >= 0.3 is 5.97 Å². The van der Waals surface area contributed by atoms with Crippen molar-refractivity contribution in [1.29, 1.82) is 0 Å². The molecule has 3 fully saturated rings. The van der Waals surface area contributed by atoms with Crippen molar-refractivity contribution in [3.63, 3.8) is 0 Å². The number of rotatable bonds is 9. The summed E-state index contributed by atoms with van der Waals surface area (Å²) in [4.78, 5) is 10.5. The molecule has 3 aliphatic rings. The van der Waals surface area contributed by atoms with Crippen molar-refractivity contribution in [3.8, 4) is 0 Å². The predicted octanol–water partition coefficient (Wildman–Crippen LogP) is 5.76. The summed E-state index contributed by atoms with van der Waals surface area (Å²) in [6.45, 7) is 0. The van der Waals surface area contributed by atoms with Gasteiger partial charge in [-0.3, -0.25) is 4.79 Å². The lowest BCUT2D eigenvalue weighted by molar-refractivity contribution is -0.137. The fourth-order valence-electron chi connectivity index (χ4n) is 4.65. The number of hydrogen-bond donors (Lipinski definition) is 1. The molecule has 2 nitrogen and oxygen atoms in total. The number of carboxylic acids is 1. The Morgan fingerprint density at radius 1 is 1.04 bits per heavy atom. The maximum Gasteiger partial charge on any atom is 0.303 e. The topological polar surface area (TPSA) is 37.3 Å². The molecule has 1 saturated carbocycles. The van der Waals surface area contributed by atoms with Gasteiger partial charge in [0.2, 0.25) is 0 Å². The zero-order valence-corrected chi connectivity index (χ0v) is 16.3. The summed E-state index contributed by atoms with van der Waals surface area (Å²) < 4.78 is 0. The van der Waals surface area contributed by atoms with Crippen LogP contribution in [0.15, 0.2) is 12.2 Å². The van der Waals surface area contributed by atoms with Crippen molar-refractivity contribution < 1.29 is 9.90 Å². The van der Waals surface area contributed by atoms with Crippen LogP contribution in [0.2, 0.25) is 0 Å². The fourth-order valence-corrected chi connectivity index (χ4v) is 8.42. The Bertz CT molecular complexity index is 431. The van der Waals surface area contributed by atoms with Crippen LogP contribution >= 0.6 is 23.5 Å². The second-order valence-corrected chi connectivity index (χ2v) is 10.5. The zero-order valence-electron chi connectivity index (χ0n) is 14.7. The van der Waals surface area contributed by atoms with E-state index in [2.05, 4.69) is 35.7 Å². The molecule has 0 amide bonds. The maximum absolute atomic E-state index is 10.5. The molecule has 2 bridgehead atoms. The van der Waals surface area contributed by atoms with E-state index in [1.165, 1.54) is 57.1 Å². The van der Waals surface area contributed by atoms with Gasteiger partial charge in [0.05, 0.1) is 0 Å². The van der Waals surface area contributed by atoms with E-state index in [0.717, 1.165) is 40.4 Å². The van der Waals surface area contributed by atoms with Crippen molar-refractivity contribution in [1.82, 2.24) is 0 Å². The lowest BCUT2D eigenvalue weighted by Crippen LogP contribution is -2.29. The summed E-state index contributed by atoms with van der Waals surface area (Å²) in [5, 5.41) is 11.5. The molecule has 0 aromatic heterocycles. The van der Waals surface area contributed by atoms with Crippen LogP contribution in [0.4, 0.5) is 0 Å². The van der Waals surface area contributed by atoms with Crippen molar-refractivity contribution in [2.75, 3.05) is 5.75 Å². The van der Waals surface area contributed by atoms with Gasteiger partial charge in [0.25, 0.3) is 0 Å². The largest absolute Gasteiger partial charge is 0.481 e. The minimum atomic E-state index is -0.673. The number of thioether (sulfide) groups is 2. The first-order valence-electron chi connectivity index (χ1n) is 9.88. The first-order valence-corrected chi connectivity index (χ1v) is 11.9. The number of carboxylic acid groups (broad SMARTS) is 1. The monoisotopic (exact) mass is 368 g/mol. The van der Waals surface area contributed by atoms with Crippen LogP contribution in [0.3, 0.4) is 0 Å². The molecule has 0 aromatic carbocycles. The first-order chi connectivity index (χ1) is 11.7. The molecule has 2 aliphatic heterocycles. The first kappa shape index (κ1) is 18.7. The van der Waals surface area contributed by atoms with Crippen LogP contribution in [0.1, 0.15) is 70.6 Å². The lowest BCUT2D eigenvalue weighted by atomic mass is 9.78. The van der Waals surface area contributed by atoms with Gasteiger partial charge < -0.3 is 5.11 Å². The molecule has 2 saturated heterocycles. The normalized spacial score (nSPS) is 33.5. The number of fused-ring (bicyclic) bond motifs is 2. The van der Waals surface area contributed by atoms with Crippen LogP contribution in [0.25, 0.3) is 0 Å². The Morgan fingerprint density at radius 2 is 1.79 bits per heavy atom. The molecule has 4 atom stereocenters. The molecule has 2 heterocycles. The van der Waals surface area contributed by atoms with Crippen LogP contribution in [0.5, 0.6) is 0 Å². The third-order valence-electron chi connectivity index (χ3n) is 6.00. The molecular formula is C20H32O2S2. The summed E-state index contributed by atoms with van der Waals surface area (Å²) in [7, 11) is 0. The summed E-state index contributed by atoms with van der Waals surface area (Å²) in [5.41, 5.74) is 0. The van der Waals surface area contributed by atoms with Crippen molar-refractivity contribution in [3.05, 3.63) is 12.2 Å². The van der Waals surface area contributed by atoms with E-state index in [1.54, 1.807) is 0 Å². The molecule has 0 aromatic rings. The van der Waals surface area contributed by atoms with E-state index in [4.69, 9.17) is 5.11 Å². The van der Waals surface area contributed by atoms with Crippen LogP contribution in [-0.2, 0) is 4.79 Å². The van der Waals surface area contributed by atoms with Gasteiger partial charge in [-0.25, -0.2) is 0 Å². The molecule has 24 heavy (non-hydrogen) atoms. The average molecular weight is 369 g/mol. The third-order valence-corrected chi connectivity index (χ3v) is 9.39. The number of allylic oxidation sites excluding steroid dienone is 2. The van der Waals surface area contributed by atoms with E-state index in [-0.39, 0.29) is 0 Å². The number of aliphatic carboxylic acids is 1. The van der Waals surface area contributed by atoms with E-state index < -0.39 is 5.97 Å². The Morgan fingerprint density at radius 3 is 2.54 bits per heavy atom. The molecule has 0 radical (unpaired) electrons. The number of hydrogen-bond acceptors (Lipinski definition) is 3. The summed E-state index contributed by atoms with van der Waals surface area (Å²) >= 11 is 4.57. The average Bonchev–Trinajstić information content (AvgIpc) is 3.18. The third kappa shape index (κ3) is 5.20. The van der Waals surface area contributed by atoms with Gasteiger partial charge in [-0.15, -0.1) is 0 Å². The molecule has 3 rings (SSSR count). The molecule has 4 heteroatoms. The van der Waals surface area contributed by atoms with Crippen molar-refractivity contribution in [2.45, 2.75) is 86.4 Å². The van der Waals surface area contributed by atoms with Crippen LogP contribution < -0.4 is 0 Å². The van der Waals surface area contributed by atoms with Gasteiger partial charge in [-0.05, 0) is 62.5 Å². The van der Waals surface area contributed by atoms with Gasteiger partial charge in [-0.1, -0.05) is 31.4 Å². The zero-order chi connectivity index (χ0) is 16.8. The SMILES string of the molecule is O=C(O)CCCC=CC[C@@H]1[C@H](CSC2CCCCC2)[C@@H]2CC[C@H]1S2. The molecule has 0 spiro atoms. The quantitative estimate of drug-likeness (QED) is 0.414. The predicted molar refractivity (Wildman–Crippen MR) is 106 cm³/mol. The highest BCUT2D eigenvalue weighted by Crippen LogP contribution is 2.55. The Kier molecular flexibility index (Phi) is 7.45. The highest BCUT2D eigenvalue weighted by molar-refractivity contribution is 8.01. The summed E-state index contributed by atoms with van der Waals surface area (Å²) in [6.07, 6.45) is 17.9.